The first-order valence-corrected chi connectivity index (χ1v) is 11.5. The summed E-state index contributed by atoms with van der Waals surface area (Å²) in [5, 5.41) is 5.92. The molecule has 0 bridgehead atoms. The van der Waals surface area contributed by atoms with Crippen LogP contribution in [0.25, 0.3) is 5.69 Å². The standard InChI is InChI=1S/C23H31N7O2/c24-21-18-14-28(15-19(18)21)10-1-2-16-3-5-17(6-4-16)30-11-7-20(27-23(30)32)26-22(31)29-12-8-25-9-13-29/h3-7,11,18-19,21,25H,1-2,8-10,12-15,24H2,(H,26,27,31,32)/t18-,19+,21?. The Bertz CT molecular complexity index is 1000. The maximum Gasteiger partial charge on any atom is 0.354 e. The Morgan fingerprint density at radius 3 is 2.53 bits per heavy atom. The Morgan fingerprint density at radius 2 is 1.84 bits per heavy atom. The van der Waals surface area contributed by atoms with Crippen LogP contribution in [0.3, 0.4) is 0 Å². The lowest BCUT2D eigenvalue weighted by molar-refractivity contribution is 0.204. The number of piperazine rings is 1. The topological polar surface area (TPSA) is 109 Å². The number of carbonyl (C=O) groups is 1. The van der Waals surface area contributed by atoms with Gasteiger partial charge in [0.15, 0.2) is 0 Å². The number of aromatic nitrogens is 2. The molecule has 9 heteroatoms. The second kappa shape index (κ2) is 9.01. The van der Waals surface area contributed by atoms with E-state index in [-0.39, 0.29) is 11.8 Å². The molecule has 1 aromatic carbocycles. The van der Waals surface area contributed by atoms with Gasteiger partial charge in [0.1, 0.15) is 5.82 Å². The fourth-order valence-electron chi connectivity index (χ4n) is 4.90. The van der Waals surface area contributed by atoms with Crippen molar-refractivity contribution < 1.29 is 4.79 Å². The van der Waals surface area contributed by atoms with Crippen molar-refractivity contribution in [2.75, 3.05) is 51.1 Å². The predicted octanol–water partition coefficient (Wildman–Crippen LogP) is 0.491. The second-order valence-corrected chi connectivity index (χ2v) is 9.07. The number of anilines is 1. The summed E-state index contributed by atoms with van der Waals surface area (Å²) in [7, 11) is 0. The Balaban J connectivity index is 1.14. The van der Waals surface area contributed by atoms with Crippen molar-refractivity contribution in [2.24, 2.45) is 17.6 Å². The Labute approximate surface area is 187 Å². The van der Waals surface area contributed by atoms with Crippen molar-refractivity contribution in [2.45, 2.75) is 18.9 Å². The number of nitrogens with two attached hydrogens (primary N) is 1. The highest BCUT2D eigenvalue weighted by Crippen LogP contribution is 2.43. The number of hydrogen-bond donors (Lipinski definition) is 3. The summed E-state index contributed by atoms with van der Waals surface area (Å²) in [4.78, 5) is 33.1. The average molecular weight is 438 g/mol. The molecule has 5 rings (SSSR count). The zero-order valence-electron chi connectivity index (χ0n) is 18.2. The summed E-state index contributed by atoms with van der Waals surface area (Å²) < 4.78 is 1.49. The minimum Gasteiger partial charge on any atom is -0.327 e. The number of fused-ring (bicyclic) bond motifs is 1. The molecule has 4 N–H and O–H groups in total. The number of aryl methyl sites for hydroxylation is 1. The maximum absolute atomic E-state index is 12.5. The van der Waals surface area contributed by atoms with Crippen molar-refractivity contribution >= 4 is 11.8 Å². The number of urea groups is 1. The van der Waals surface area contributed by atoms with Crippen LogP contribution >= 0.6 is 0 Å². The van der Waals surface area contributed by atoms with Gasteiger partial charge in [-0.1, -0.05) is 12.1 Å². The van der Waals surface area contributed by atoms with Gasteiger partial charge in [-0.25, -0.2) is 9.59 Å². The molecule has 170 valence electrons. The zero-order valence-corrected chi connectivity index (χ0v) is 18.2. The molecule has 2 amide bonds. The molecule has 3 heterocycles. The van der Waals surface area contributed by atoms with E-state index in [2.05, 4.69) is 32.7 Å². The van der Waals surface area contributed by atoms with Crippen molar-refractivity contribution in [3.05, 3.63) is 52.6 Å². The molecule has 9 nitrogen and oxygen atoms in total. The fourth-order valence-corrected chi connectivity index (χ4v) is 4.90. The molecular formula is C23H31N7O2. The smallest absolute Gasteiger partial charge is 0.327 e. The summed E-state index contributed by atoms with van der Waals surface area (Å²) in [5.41, 5.74) is 7.62. The Hall–Kier alpha value is -2.75. The summed E-state index contributed by atoms with van der Waals surface area (Å²) >= 11 is 0. The van der Waals surface area contributed by atoms with Crippen molar-refractivity contribution in [1.82, 2.24) is 24.7 Å². The molecule has 3 aliphatic rings. The molecule has 2 aliphatic heterocycles. The lowest BCUT2D eigenvalue weighted by Crippen LogP contribution is -2.48. The summed E-state index contributed by atoms with van der Waals surface area (Å²) in [6.07, 6.45) is 3.79. The van der Waals surface area contributed by atoms with E-state index in [0.29, 0.717) is 19.1 Å². The van der Waals surface area contributed by atoms with Crippen molar-refractivity contribution in [3.63, 3.8) is 0 Å². The van der Waals surface area contributed by atoms with E-state index in [1.807, 2.05) is 12.1 Å². The number of nitrogens with one attached hydrogen (secondary N) is 2. The Kier molecular flexibility index (Phi) is 5.95. The van der Waals surface area contributed by atoms with Crippen LogP contribution in [0, 0.1) is 11.8 Å². The second-order valence-electron chi connectivity index (χ2n) is 9.07. The highest BCUT2D eigenvalue weighted by molar-refractivity contribution is 5.88. The van der Waals surface area contributed by atoms with Gasteiger partial charge in [0.25, 0.3) is 0 Å². The molecule has 32 heavy (non-hydrogen) atoms. The fraction of sp³-hybridized carbons (Fsp3) is 0.522. The third kappa shape index (κ3) is 4.55. The van der Waals surface area contributed by atoms with E-state index < -0.39 is 5.69 Å². The lowest BCUT2D eigenvalue weighted by Gasteiger charge is -2.27. The number of likely N-dealkylation sites (tertiary alicyclic amines) is 1. The monoisotopic (exact) mass is 437 g/mol. The molecule has 3 fully saturated rings. The Morgan fingerprint density at radius 1 is 1.12 bits per heavy atom. The normalized spacial score (nSPS) is 24.9. The third-order valence-electron chi connectivity index (χ3n) is 6.93. The number of piperidine rings is 1. The van der Waals surface area contributed by atoms with Crippen LogP contribution in [-0.2, 0) is 6.42 Å². The molecule has 1 saturated carbocycles. The van der Waals surface area contributed by atoms with Gasteiger partial charge in [0.2, 0.25) is 0 Å². The zero-order chi connectivity index (χ0) is 22.1. The van der Waals surface area contributed by atoms with Crippen LogP contribution in [0.1, 0.15) is 12.0 Å². The van der Waals surface area contributed by atoms with Gasteiger partial charge < -0.3 is 20.9 Å². The van der Waals surface area contributed by atoms with Gasteiger partial charge in [-0.3, -0.25) is 9.88 Å². The number of nitrogens with zero attached hydrogens (tertiary/aromatic N) is 4. The molecular weight excluding hydrogens is 406 g/mol. The van der Waals surface area contributed by atoms with Crippen LogP contribution in [0.4, 0.5) is 10.6 Å². The van der Waals surface area contributed by atoms with Gasteiger partial charge in [0.05, 0.1) is 5.69 Å². The molecule has 0 spiro atoms. The van der Waals surface area contributed by atoms with Crippen LogP contribution in [-0.4, -0.2) is 77.2 Å². The number of benzene rings is 1. The first-order chi connectivity index (χ1) is 15.6. The molecule has 2 aromatic rings. The molecule has 0 radical (unpaired) electrons. The number of amides is 2. The van der Waals surface area contributed by atoms with E-state index in [4.69, 9.17) is 5.73 Å². The minimum atomic E-state index is -0.415. The van der Waals surface area contributed by atoms with Crippen LogP contribution in [0.5, 0.6) is 0 Å². The summed E-state index contributed by atoms with van der Waals surface area (Å²) in [6, 6.07) is 9.91. The highest BCUT2D eigenvalue weighted by atomic mass is 16.2. The van der Waals surface area contributed by atoms with Gasteiger partial charge in [0, 0.05) is 51.5 Å². The van der Waals surface area contributed by atoms with Gasteiger partial charge in [-0.05, 0) is 55.0 Å². The molecule has 1 aliphatic carbocycles. The number of carbonyl (C=O) groups excluding carboxylic acids is 1. The predicted molar refractivity (Wildman–Crippen MR) is 123 cm³/mol. The van der Waals surface area contributed by atoms with Crippen molar-refractivity contribution in [3.8, 4) is 5.69 Å². The quantitative estimate of drug-likeness (QED) is 0.607. The number of hydrogen-bond acceptors (Lipinski definition) is 6. The minimum absolute atomic E-state index is 0.227. The maximum atomic E-state index is 12.5. The van der Waals surface area contributed by atoms with Gasteiger partial charge in [-0.2, -0.15) is 4.98 Å². The van der Waals surface area contributed by atoms with Crippen molar-refractivity contribution in [1.29, 1.82) is 0 Å². The van der Waals surface area contributed by atoms with E-state index in [0.717, 1.165) is 63.1 Å². The summed E-state index contributed by atoms with van der Waals surface area (Å²) in [5.74, 6) is 1.75. The van der Waals surface area contributed by atoms with E-state index in [1.54, 1.807) is 17.2 Å². The molecule has 1 aromatic heterocycles. The van der Waals surface area contributed by atoms with Crippen LogP contribution in [0.2, 0.25) is 0 Å². The van der Waals surface area contributed by atoms with Gasteiger partial charge in [-0.15, -0.1) is 0 Å². The lowest BCUT2D eigenvalue weighted by atomic mass is 10.1. The van der Waals surface area contributed by atoms with Crippen LogP contribution < -0.4 is 22.1 Å². The third-order valence-corrected chi connectivity index (χ3v) is 6.93. The average Bonchev–Trinajstić information content (AvgIpc) is 3.19. The first-order valence-electron chi connectivity index (χ1n) is 11.5. The largest absolute Gasteiger partial charge is 0.354 e. The van der Waals surface area contributed by atoms with E-state index >= 15 is 0 Å². The molecule has 1 unspecified atom stereocenters. The number of rotatable bonds is 6. The summed E-state index contributed by atoms with van der Waals surface area (Å²) in [6.45, 7) is 6.26. The van der Waals surface area contributed by atoms with Gasteiger partial charge >= 0.3 is 11.7 Å². The highest BCUT2D eigenvalue weighted by Gasteiger charge is 2.53. The van der Waals surface area contributed by atoms with E-state index in [9.17, 15) is 9.59 Å². The van der Waals surface area contributed by atoms with Crippen LogP contribution in [0.15, 0.2) is 41.3 Å². The SMILES string of the molecule is NC1[C@H]2CN(CCCc3ccc(-n4ccc(NC(=O)N5CCNCC5)nc4=O)cc3)C[C@@H]12. The molecule has 2 saturated heterocycles. The molecule has 3 atom stereocenters. The first kappa shape index (κ1) is 21.1. The van der Waals surface area contributed by atoms with E-state index in [1.165, 1.54) is 10.1 Å².